The zero-order valence-electron chi connectivity index (χ0n) is 10.6. The third-order valence-electron chi connectivity index (χ3n) is 3.14. The summed E-state index contributed by atoms with van der Waals surface area (Å²) in [6.45, 7) is 0. The summed E-state index contributed by atoms with van der Waals surface area (Å²) in [5, 5.41) is 3.63. The molecule has 1 aliphatic rings. The van der Waals surface area contributed by atoms with Gasteiger partial charge in [0.05, 0.1) is 5.69 Å². The second-order valence-corrected chi connectivity index (χ2v) is 6.12. The van der Waals surface area contributed by atoms with Crippen molar-refractivity contribution in [2.45, 2.75) is 25.7 Å². The van der Waals surface area contributed by atoms with Gasteiger partial charge in [-0.05, 0) is 37.8 Å². The van der Waals surface area contributed by atoms with Crippen LogP contribution >= 0.6 is 22.9 Å². The molecule has 0 aromatic carbocycles. The van der Waals surface area contributed by atoms with Crippen molar-refractivity contribution in [2.75, 3.05) is 11.1 Å². The SMILES string of the molecule is Nc1cc(C(=O)Nc2nc3c(s2)CCCC3)cc(Cl)n1. The van der Waals surface area contributed by atoms with E-state index in [9.17, 15) is 4.79 Å². The molecule has 0 fully saturated rings. The van der Waals surface area contributed by atoms with Gasteiger partial charge >= 0.3 is 0 Å². The molecule has 0 aliphatic heterocycles. The Hall–Kier alpha value is -1.66. The first-order valence-corrected chi connectivity index (χ1v) is 7.54. The van der Waals surface area contributed by atoms with Gasteiger partial charge in [0.1, 0.15) is 11.0 Å². The van der Waals surface area contributed by atoms with Crippen molar-refractivity contribution in [3.63, 3.8) is 0 Å². The van der Waals surface area contributed by atoms with Gasteiger partial charge in [-0.25, -0.2) is 9.97 Å². The summed E-state index contributed by atoms with van der Waals surface area (Å²) in [5.41, 5.74) is 7.08. The van der Waals surface area contributed by atoms with E-state index in [-0.39, 0.29) is 16.9 Å². The number of rotatable bonds is 2. The fourth-order valence-corrected chi connectivity index (χ4v) is 3.48. The maximum atomic E-state index is 12.1. The zero-order valence-corrected chi connectivity index (χ0v) is 12.2. The van der Waals surface area contributed by atoms with Crippen LogP contribution in [0.3, 0.4) is 0 Å². The van der Waals surface area contributed by atoms with Crippen LogP contribution in [0.5, 0.6) is 0 Å². The maximum absolute atomic E-state index is 12.1. The third-order valence-corrected chi connectivity index (χ3v) is 4.41. The standard InChI is InChI=1S/C13H13ClN4OS/c14-10-5-7(6-11(15)17-10)12(19)18-13-16-8-3-1-2-4-9(8)20-13/h5-6H,1-4H2,(H2,15,17)(H,16,18,19). The lowest BCUT2D eigenvalue weighted by atomic mass is 10.0. The minimum atomic E-state index is -0.271. The van der Waals surface area contributed by atoms with Crippen LogP contribution in [0.4, 0.5) is 10.9 Å². The van der Waals surface area contributed by atoms with Crippen LogP contribution in [0.2, 0.25) is 5.15 Å². The molecule has 0 radical (unpaired) electrons. The molecule has 7 heteroatoms. The maximum Gasteiger partial charge on any atom is 0.257 e. The number of thiazole rings is 1. The summed E-state index contributed by atoms with van der Waals surface area (Å²) in [6.07, 6.45) is 4.41. The number of anilines is 2. The number of fused-ring (bicyclic) bond motifs is 1. The summed E-state index contributed by atoms with van der Waals surface area (Å²) < 4.78 is 0. The molecule has 104 valence electrons. The van der Waals surface area contributed by atoms with E-state index in [0.717, 1.165) is 18.5 Å². The van der Waals surface area contributed by atoms with E-state index in [0.29, 0.717) is 10.7 Å². The highest BCUT2D eigenvalue weighted by Crippen LogP contribution is 2.29. The number of hydrogen-bond donors (Lipinski definition) is 2. The van der Waals surface area contributed by atoms with Crippen LogP contribution in [0.15, 0.2) is 12.1 Å². The summed E-state index contributed by atoms with van der Waals surface area (Å²) in [4.78, 5) is 21.7. The number of nitrogen functional groups attached to an aromatic ring is 1. The zero-order chi connectivity index (χ0) is 14.1. The van der Waals surface area contributed by atoms with Gasteiger partial charge in [-0.2, -0.15) is 0 Å². The number of halogens is 1. The molecule has 3 rings (SSSR count). The Morgan fingerprint density at radius 2 is 2.10 bits per heavy atom. The molecule has 0 spiro atoms. The van der Waals surface area contributed by atoms with Gasteiger partial charge < -0.3 is 5.73 Å². The van der Waals surface area contributed by atoms with Crippen LogP contribution in [-0.2, 0) is 12.8 Å². The third kappa shape index (κ3) is 2.76. The molecule has 2 aromatic heterocycles. The number of aromatic nitrogens is 2. The van der Waals surface area contributed by atoms with Crippen molar-refractivity contribution in [3.8, 4) is 0 Å². The lowest BCUT2D eigenvalue weighted by molar-refractivity contribution is 0.102. The van der Waals surface area contributed by atoms with Crippen LogP contribution in [0.25, 0.3) is 0 Å². The number of aryl methyl sites for hydroxylation is 2. The molecular weight excluding hydrogens is 296 g/mol. The van der Waals surface area contributed by atoms with E-state index < -0.39 is 0 Å². The average molecular weight is 309 g/mol. The van der Waals surface area contributed by atoms with Crippen LogP contribution in [0, 0.1) is 0 Å². The van der Waals surface area contributed by atoms with Crippen molar-refractivity contribution in [2.24, 2.45) is 0 Å². The number of nitrogens with one attached hydrogen (secondary N) is 1. The van der Waals surface area contributed by atoms with Crippen molar-refractivity contribution in [3.05, 3.63) is 33.4 Å². The Labute approximate surface area is 125 Å². The molecule has 20 heavy (non-hydrogen) atoms. The average Bonchev–Trinajstić information content (AvgIpc) is 2.79. The first-order chi connectivity index (χ1) is 9.61. The minimum absolute atomic E-state index is 0.202. The molecule has 2 heterocycles. The summed E-state index contributed by atoms with van der Waals surface area (Å²) in [5.74, 6) is -0.0480. The lowest BCUT2D eigenvalue weighted by Crippen LogP contribution is -2.12. The van der Waals surface area contributed by atoms with E-state index in [4.69, 9.17) is 17.3 Å². The first kappa shape index (κ1) is 13.3. The number of carbonyl (C=O) groups excluding carboxylic acids is 1. The molecular formula is C13H13ClN4OS. The smallest absolute Gasteiger partial charge is 0.257 e. The molecule has 2 aromatic rings. The Morgan fingerprint density at radius 3 is 2.85 bits per heavy atom. The van der Waals surface area contributed by atoms with Gasteiger partial charge in [0, 0.05) is 10.4 Å². The van der Waals surface area contributed by atoms with Gasteiger partial charge in [-0.15, -0.1) is 11.3 Å². The highest BCUT2D eigenvalue weighted by atomic mass is 35.5. The fourth-order valence-electron chi connectivity index (χ4n) is 2.22. The largest absolute Gasteiger partial charge is 0.384 e. The van der Waals surface area contributed by atoms with Crippen LogP contribution in [-0.4, -0.2) is 15.9 Å². The number of carbonyl (C=O) groups is 1. The van der Waals surface area contributed by atoms with Gasteiger partial charge in [0.15, 0.2) is 5.13 Å². The summed E-state index contributed by atoms with van der Waals surface area (Å²) in [7, 11) is 0. The predicted molar refractivity (Wildman–Crippen MR) is 80.4 cm³/mol. The second kappa shape index (κ2) is 5.38. The van der Waals surface area contributed by atoms with Gasteiger partial charge in [-0.1, -0.05) is 11.6 Å². The first-order valence-electron chi connectivity index (χ1n) is 6.35. The lowest BCUT2D eigenvalue weighted by Gasteiger charge is -2.06. The molecule has 1 aliphatic carbocycles. The van der Waals surface area contributed by atoms with Crippen molar-refractivity contribution < 1.29 is 4.79 Å². The number of pyridine rings is 1. The molecule has 0 saturated carbocycles. The summed E-state index contributed by atoms with van der Waals surface area (Å²) in [6, 6.07) is 2.98. The quantitative estimate of drug-likeness (QED) is 0.836. The fraction of sp³-hybridized carbons (Fsp3) is 0.308. The molecule has 0 atom stereocenters. The molecule has 0 bridgehead atoms. The summed E-state index contributed by atoms with van der Waals surface area (Å²) >= 11 is 7.34. The number of hydrogen-bond acceptors (Lipinski definition) is 5. The monoisotopic (exact) mass is 308 g/mol. The number of nitrogens with zero attached hydrogens (tertiary/aromatic N) is 2. The predicted octanol–water partition coefficient (Wildman–Crippen LogP) is 2.90. The Morgan fingerprint density at radius 1 is 1.30 bits per heavy atom. The molecule has 0 saturated heterocycles. The minimum Gasteiger partial charge on any atom is -0.384 e. The Balaban J connectivity index is 1.80. The Bertz CT molecular complexity index is 627. The van der Waals surface area contributed by atoms with E-state index >= 15 is 0 Å². The van der Waals surface area contributed by atoms with E-state index in [2.05, 4.69) is 15.3 Å². The van der Waals surface area contributed by atoms with Crippen molar-refractivity contribution in [1.29, 1.82) is 0 Å². The normalized spacial score (nSPS) is 13.8. The van der Waals surface area contributed by atoms with Gasteiger partial charge in [0.25, 0.3) is 5.91 Å². The van der Waals surface area contributed by atoms with E-state index in [1.165, 1.54) is 29.9 Å². The van der Waals surface area contributed by atoms with Crippen LogP contribution in [0.1, 0.15) is 33.8 Å². The van der Waals surface area contributed by atoms with E-state index in [1.54, 1.807) is 11.3 Å². The number of nitrogens with two attached hydrogens (primary N) is 1. The number of amides is 1. The highest BCUT2D eigenvalue weighted by molar-refractivity contribution is 7.15. The van der Waals surface area contributed by atoms with Gasteiger partial charge in [-0.3, -0.25) is 10.1 Å². The second-order valence-electron chi connectivity index (χ2n) is 4.65. The Kier molecular flexibility index (Phi) is 3.58. The van der Waals surface area contributed by atoms with Crippen molar-refractivity contribution in [1.82, 2.24) is 9.97 Å². The molecule has 5 nitrogen and oxygen atoms in total. The van der Waals surface area contributed by atoms with Crippen molar-refractivity contribution >= 4 is 39.8 Å². The molecule has 1 amide bonds. The highest BCUT2D eigenvalue weighted by Gasteiger charge is 2.17. The molecule has 3 N–H and O–H groups in total. The van der Waals surface area contributed by atoms with Gasteiger partial charge in [0.2, 0.25) is 0 Å². The molecule has 0 unspecified atom stereocenters. The topological polar surface area (TPSA) is 80.9 Å². The van der Waals surface area contributed by atoms with E-state index in [1.807, 2.05) is 0 Å². The van der Waals surface area contributed by atoms with Crippen LogP contribution < -0.4 is 11.1 Å².